The summed E-state index contributed by atoms with van der Waals surface area (Å²) in [5.41, 5.74) is 6.54. The fraction of sp³-hybridized carbons (Fsp3) is 0.258. The second-order valence-electron chi connectivity index (χ2n) is 9.54. The minimum Gasteiger partial charge on any atom is -0.494 e. The van der Waals surface area contributed by atoms with E-state index >= 15 is 4.39 Å². The van der Waals surface area contributed by atoms with Gasteiger partial charge in [0.25, 0.3) is 0 Å². The van der Waals surface area contributed by atoms with E-state index in [4.69, 9.17) is 4.99 Å². The van der Waals surface area contributed by atoms with Gasteiger partial charge in [0, 0.05) is 34.2 Å². The van der Waals surface area contributed by atoms with Crippen molar-refractivity contribution in [3.8, 4) is 11.1 Å². The molecule has 0 atom stereocenters. The van der Waals surface area contributed by atoms with E-state index in [9.17, 15) is 9.50 Å². The van der Waals surface area contributed by atoms with Gasteiger partial charge in [-0.05, 0) is 61.6 Å². The van der Waals surface area contributed by atoms with E-state index in [-0.39, 0.29) is 12.4 Å². The first-order valence-electron chi connectivity index (χ1n) is 13.0. The third kappa shape index (κ3) is 5.21. The Labute approximate surface area is 231 Å². The number of aryl methyl sites for hydroxylation is 4. The van der Waals surface area contributed by atoms with Gasteiger partial charge >= 0.3 is 0 Å². The Morgan fingerprint density at radius 2 is 1.67 bits per heavy atom. The zero-order chi connectivity index (χ0) is 27.7. The van der Waals surface area contributed by atoms with Gasteiger partial charge in [0.15, 0.2) is 11.7 Å². The Balaban J connectivity index is 1.55. The van der Waals surface area contributed by atoms with Gasteiger partial charge in [-0.15, -0.1) is 11.3 Å². The number of benzene rings is 2. The van der Waals surface area contributed by atoms with E-state index in [1.807, 2.05) is 29.3 Å². The molecule has 2 aromatic heterocycles. The van der Waals surface area contributed by atoms with Crippen LogP contribution in [0.15, 0.2) is 70.4 Å². The summed E-state index contributed by atoms with van der Waals surface area (Å²) >= 11 is 1.54. The summed E-state index contributed by atoms with van der Waals surface area (Å²) in [5, 5.41) is 14.6. The van der Waals surface area contributed by atoms with Crippen molar-refractivity contribution in [2.75, 3.05) is 11.4 Å². The minimum atomic E-state index is -0.596. The molecule has 0 unspecified atom stereocenters. The molecule has 0 fully saturated rings. The zero-order valence-corrected chi connectivity index (χ0v) is 23.2. The summed E-state index contributed by atoms with van der Waals surface area (Å²) in [6.45, 7) is 8.06. The van der Waals surface area contributed by atoms with Crippen molar-refractivity contribution < 1.29 is 13.9 Å². The van der Waals surface area contributed by atoms with Gasteiger partial charge in [-0.25, -0.2) is 14.4 Å². The number of nitrogens with zero attached hydrogens (tertiary/aromatic N) is 4. The van der Waals surface area contributed by atoms with Crippen LogP contribution < -0.4 is 4.90 Å². The molecule has 0 bridgehead atoms. The highest BCUT2D eigenvalue weighted by Gasteiger charge is 2.30. The maximum Gasteiger partial charge on any atom is 0.213 e. The predicted octanol–water partition coefficient (Wildman–Crippen LogP) is 7.50. The van der Waals surface area contributed by atoms with Gasteiger partial charge in [-0.3, -0.25) is 9.89 Å². The van der Waals surface area contributed by atoms with Gasteiger partial charge in [-0.1, -0.05) is 44.2 Å². The van der Waals surface area contributed by atoms with Crippen molar-refractivity contribution >= 4 is 22.9 Å². The average molecular weight is 545 g/mol. The van der Waals surface area contributed by atoms with Crippen molar-refractivity contribution in [3.63, 3.8) is 0 Å². The fourth-order valence-corrected chi connectivity index (χ4v) is 5.62. The normalized spacial score (nSPS) is 13.7. The monoisotopic (exact) mass is 544 g/mol. The molecular formula is C31H30F2N4OS. The summed E-state index contributed by atoms with van der Waals surface area (Å²) in [4.78, 5) is 15.2. The lowest BCUT2D eigenvalue weighted by atomic mass is 9.97. The molecule has 200 valence electrons. The van der Waals surface area contributed by atoms with Crippen LogP contribution in [0, 0.1) is 25.6 Å². The van der Waals surface area contributed by atoms with Crippen molar-refractivity contribution in [2.45, 2.75) is 47.0 Å². The third-order valence-electron chi connectivity index (χ3n) is 6.99. The van der Waals surface area contributed by atoms with Crippen LogP contribution in [-0.2, 0) is 19.3 Å². The molecule has 0 spiro atoms. The summed E-state index contributed by atoms with van der Waals surface area (Å²) in [6.07, 6.45) is 1.90. The number of aliphatic hydroxyl groups is 1. The largest absolute Gasteiger partial charge is 0.494 e. The van der Waals surface area contributed by atoms with Crippen LogP contribution in [0.2, 0.25) is 0 Å². The molecule has 1 aliphatic rings. The van der Waals surface area contributed by atoms with Crippen molar-refractivity contribution in [3.05, 3.63) is 110 Å². The van der Waals surface area contributed by atoms with Crippen LogP contribution in [0.25, 0.3) is 11.1 Å². The number of hydrogen-bond donors (Lipinski definition) is 1. The standard InChI is InChI=1S/C31H30F2N4OS/c1-5-21-8-7-9-22(6-2)29(21)37-30(27-17-39-19(4)36-27)34-16-23(31(37)38)14-20-10-11-25(26(32)15-20)24-12-13-28(33)35-18(24)3/h7-13,15,17,38H,5-6,14,16H2,1-4H3. The first-order valence-corrected chi connectivity index (χ1v) is 13.9. The van der Waals surface area contributed by atoms with E-state index < -0.39 is 11.8 Å². The highest BCUT2D eigenvalue weighted by molar-refractivity contribution is 7.09. The summed E-state index contributed by atoms with van der Waals surface area (Å²) in [6, 6.07) is 13.9. The van der Waals surface area contributed by atoms with Crippen molar-refractivity contribution in [1.82, 2.24) is 9.97 Å². The van der Waals surface area contributed by atoms with Gasteiger partial charge < -0.3 is 5.11 Å². The van der Waals surface area contributed by atoms with Gasteiger partial charge in [0.05, 0.1) is 17.2 Å². The number of para-hydroxylation sites is 1. The van der Waals surface area contributed by atoms with Gasteiger partial charge in [0.1, 0.15) is 11.5 Å². The summed E-state index contributed by atoms with van der Waals surface area (Å²) in [7, 11) is 0. The van der Waals surface area contributed by atoms with Crippen LogP contribution in [-0.4, -0.2) is 27.5 Å². The fourth-order valence-electron chi connectivity index (χ4n) is 5.03. The number of aliphatic hydroxyl groups excluding tert-OH is 1. The lowest BCUT2D eigenvalue weighted by molar-refractivity contribution is 0.392. The number of thiazole rings is 1. The third-order valence-corrected chi connectivity index (χ3v) is 7.76. The van der Waals surface area contributed by atoms with Crippen molar-refractivity contribution in [1.29, 1.82) is 0 Å². The highest BCUT2D eigenvalue weighted by atomic mass is 32.1. The topological polar surface area (TPSA) is 61.6 Å². The molecule has 2 aromatic carbocycles. The molecule has 1 aliphatic heterocycles. The van der Waals surface area contributed by atoms with Gasteiger partial charge in [-0.2, -0.15) is 4.39 Å². The maximum absolute atomic E-state index is 15.2. The quantitative estimate of drug-likeness (QED) is 0.245. The Kier molecular flexibility index (Phi) is 7.57. The molecule has 0 radical (unpaired) electrons. The maximum atomic E-state index is 15.2. The number of amidine groups is 1. The van der Waals surface area contributed by atoms with E-state index in [0.29, 0.717) is 40.2 Å². The minimum absolute atomic E-state index is 0.101. The Hall–Kier alpha value is -3.91. The molecule has 3 heterocycles. The number of aliphatic imine (C=N–C) groups is 1. The first-order chi connectivity index (χ1) is 18.8. The molecule has 4 aromatic rings. The van der Waals surface area contributed by atoms with Crippen LogP contribution in [0.5, 0.6) is 0 Å². The molecule has 0 aliphatic carbocycles. The Bertz CT molecular complexity index is 1590. The van der Waals surface area contributed by atoms with Crippen LogP contribution >= 0.6 is 11.3 Å². The number of hydrogen-bond acceptors (Lipinski definition) is 6. The van der Waals surface area contributed by atoms with E-state index in [2.05, 4.69) is 35.9 Å². The zero-order valence-electron chi connectivity index (χ0n) is 22.4. The number of aromatic nitrogens is 2. The lowest BCUT2D eigenvalue weighted by Gasteiger charge is -2.32. The van der Waals surface area contributed by atoms with Crippen LogP contribution in [0.1, 0.15) is 46.9 Å². The first kappa shape index (κ1) is 26.7. The molecule has 5 rings (SSSR count). The number of halogens is 2. The molecule has 39 heavy (non-hydrogen) atoms. The van der Waals surface area contributed by atoms with E-state index in [1.165, 1.54) is 29.5 Å². The molecular weight excluding hydrogens is 514 g/mol. The van der Waals surface area contributed by atoms with Gasteiger partial charge in [0.2, 0.25) is 5.95 Å². The smallest absolute Gasteiger partial charge is 0.213 e. The lowest BCUT2D eigenvalue weighted by Crippen LogP contribution is -2.37. The number of anilines is 1. The SMILES string of the molecule is CCc1cccc(CC)c1N1C(c2csc(C)n2)=NCC(Cc2ccc(-c3ccc(F)nc3C)c(F)c2)=C1O. The van der Waals surface area contributed by atoms with E-state index in [0.717, 1.165) is 40.4 Å². The second-order valence-corrected chi connectivity index (χ2v) is 10.6. The average Bonchev–Trinajstić information content (AvgIpc) is 3.36. The highest BCUT2D eigenvalue weighted by Crippen LogP contribution is 2.35. The van der Waals surface area contributed by atoms with Crippen LogP contribution in [0.4, 0.5) is 14.5 Å². The predicted molar refractivity (Wildman–Crippen MR) is 154 cm³/mol. The van der Waals surface area contributed by atoms with E-state index in [1.54, 1.807) is 13.0 Å². The Morgan fingerprint density at radius 1 is 0.949 bits per heavy atom. The Morgan fingerprint density at radius 3 is 2.28 bits per heavy atom. The molecule has 5 nitrogen and oxygen atoms in total. The van der Waals surface area contributed by atoms with Crippen LogP contribution in [0.3, 0.4) is 0 Å². The second kappa shape index (κ2) is 11.1. The summed E-state index contributed by atoms with van der Waals surface area (Å²) in [5.74, 6) is -0.314. The molecule has 1 N–H and O–H groups in total. The molecule has 0 amide bonds. The number of rotatable bonds is 7. The molecule has 0 saturated heterocycles. The van der Waals surface area contributed by atoms with Crippen molar-refractivity contribution in [2.24, 2.45) is 4.99 Å². The summed E-state index contributed by atoms with van der Waals surface area (Å²) < 4.78 is 28.7. The molecule has 8 heteroatoms. The number of pyridine rings is 1. The molecule has 0 saturated carbocycles.